The molecule has 11 heteroatoms. The molecule has 3 aliphatic heterocycles. The summed E-state index contributed by atoms with van der Waals surface area (Å²) in [7, 11) is 0. The average Bonchev–Trinajstić information content (AvgIpc) is 3.16. The van der Waals surface area contributed by atoms with Gasteiger partial charge in [0.1, 0.15) is 11.5 Å². The van der Waals surface area contributed by atoms with Gasteiger partial charge in [-0.2, -0.15) is 0 Å². The van der Waals surface area contributed by atoms with Crippen LogP contribution in [-0.4, -0.2) is 70.6 Å². The number of hydrogen-bond acceptors (Lipinski definition) is 7. The fourth-order valence-corrected chi connectivity index (χ4v) is 8.70. The molecule has 7 rings (SSSR count). The van der Waals surface area contributed by atoms with Gasteiger partial charge in [0.15, 0.2) is 0 Å². The van der Waals surface area contributed by atoms with E-state index in [1.54, 1.807) is 12.1 Å². The summed E-state index contributed by atoms with van der Waals surface area (Å²) in [5, 5.41) is 38.5. The molecule has 0 radical (unpaired) electrons. The van der Waals surface area contributed by atoms with Crippen LogP contribution in [0.2, 0.25) is 5.02 Å². The number of aliphatic hydroxyl groups is 1. The molecule has 1 aromatic heterocycles. The predicted octanol–water partition coefficient (Wildman–Crippen LogP) is 7.17. The van der Waals surface area contributed by atoms with Gasteiger partial charge < -0.3 is 40.6 Å². The largest absolute Gasteiger partial charge is 0.506 e. The molecule has 0 spiro atoms. The average molecular weight is 731 g/mol. The Labute approximate surface area is 310 Å². The van der Waals surface area contributed by atoms with Gasteiger partial charge in [0.25, 0.3) is 0 Å². The van der Waals surface area contributed by atoms with Crippen molar-refractivity contribution in [1.29, 1.82) is 0 Å². The van der Waals surface area contributed by atoms with Crippen LogP contribution in [0, 0.1) is 11.8 Å². The highest BCUT2D eigenvalue weighted by molar-refractivity contribution is 6.33. The van der Waals surface area contributed by atoms with E-state index < -0.39 is 17.7 Å². The molecule has 3 fully saturated rings. The van der Waals surface area contributed by atoms with Crippen molar-refractivity contribution >= 4 is 28.6 Å². The van der Waals surface area contributed by atoms with Crippen LogP contribution in [0.5, 0.6) is 11.5 Å². The van der Waals surface area contributed by atoms with Crippen molar-refractivity contribution in [2.75, 3.05) is 39.3 Å². The van der Waals surface area contributed by atoms with Gasteiger partial charge in [-0.1, -0.05) is 92.2 Å². The number of phenols is 1. The van der Waals surface area contributed by atoms with Crippen LogP contribution in [0.3, 0.4) is 0 Å². The Balaban J connectivity index is 0.946. The summed E-state index contributed by atoms with van der Waals surface area (Å²) < 4.78 is 6.25. The molecule has 3 aliphatic rings. The van der Waals surface area contributed by atoms with Gasteiger partial charge >= 0.3 is 6.09 Å². The summed E-state index contributed by atoms with van der Waals surface area (Å²) in [6.45, 7) is 4.62. The number of aromatic hydroxyl groups is 1. The lowest BCUT2D eigenvalue weighted by molar-refractivity contribution is 0.00719. The van der Waals surface area contributed by atoms with Crippen LogP contribution in [0.4, 0.5) is 4.79 Å². The second kappa shape index (κ2) is 17.6. The van der Waals surface area contributed by atoms with Gasteiger partial charge in [-0.15, -0.1) is 0 Å². The van der Waals surface area contributed by atoms with E-state index in [1.807, 2.05) is 48.5 Å². The Bertz CT molecular complexity index is 1850. The SMILES string of the molecule is O=C(O)NC(c1ccccc1)(c1cccc(OCCCCCCCCCNC[C@H](O)c2ccc(O)c3[nH]c(=O)ccc23)c1Cl)[C@H]1CN2CCC1CC2. The van der Waals surface area contributed by atoms with E-state index in [1.165, 1.54) is 12.1 Å². The second-order valence-corrected chi connectivity index (χ2v) is 14.7. The van der Waals surface area contributed by atoms with Gasteiger partial charge in [-0.05, 0) is 80.6 Å². The zero-order chi connectivity index (χ0) is 36.5. The summed E-state index contributed by atoms with van der Waals surface area (Å²) in [6.07, 6.45) is 7.68. The van der Waals surface area contributed by atoms with Crippen molar-refractivity contribution in [2.45, 2.75) is 69.4 Å². The van der Waals surface area contributed by atoms with Gasteiger partial charge in [-0.3, -0.25) is 4.79 Å². The predicted molar refractivity (Wildman–Crippen MR) is 204 cm³/mol. The molecule has 1 amide bonds. The number of hydrogen-bond donors (Lipinski definition) is 6. The summed E-state index contributed by atoms with van der Waals surface area (Å²) >= 11 is 7.15. The molecule has 10 nitrogen and oxygen atoms in total. The number of phenolic OH excluding ortho intramolecular Hbond substituents is 1. The number of aromatic amines is 1. The van der Waals surface area contributed by atoms with Crippen molar-refractivity contribution in [3.63, 3.8) is 0 Å². The van der Waals surface area contributed by atoms with Crippen molar-refractivity contribution in [3.05, 3.63) is 105 Å². The standard InChI is InChI=1S/C41H51ClN4O6/c42-38-32(41(45-40(50)51,29-12-7-6-8-13-29)33-27-46-23-20-28(33)21-24-46)14-11-15-36(38)52-25-10-5-3-1-2-4-9-22-43-26-35(48)30-16-18-34(47)39-31(30)17-19-37(49)44-39/h6-8,11-19,28,33,35,43,45,47-48H,1-5,9-10,20-27H2,(H,44,49)(H,50,51)/t33-,35-,41?/m0/s1. The van der Waals surface area contributed by atoms with Crippen molar-refractivity contribution in [1.82, 2.24) is 20.5 Å². The monoisotopic (exact) mass is 730 g/mol. The van der Waals surface area contributed by atoms with Crippen LogP contribution in [0.1, 0.15) is 80.6 Å². The van der Waals surface area contributed by atoms with Crippen LogP contribution in [-0.2, 0) is 5.54 Å². The number of aliphatic hydroxyl groups excluding tert-OH is 1. The molecule has 278 valence electrons. The minimum atomic E-state index is -1.07. The smallest absolute Gasteiger partial charge is 0.405 e. The molecule has 3 aromatic carbocycles. The molecule has 6 N–H and O–H groups in total. The van der Waals surface area contributed by atoms with E-state index in [4.69, 9.17) is 16.3 Å². The van der Waals surface area contributed by atoms with Gasteiger partial charge in [0.05, 0.1) is 28.8 Å². The number of ether oxygens (including phenoxy) is 1. The van der Waals surface area contributed by atoms with Crippen LogP contribution in [0.15, 0.2) is 77.6 Å². The van der Waals surface area contributed by atoms with E-state index >= 15 is 0 Å². The molecular formula is C41H51ClN4O6. The first-order chi connectivity index (χ1) is 25.3. The van der Waals surface area contributed by atoms with E-state index in [9.17, 15) is 24.9 Å². The molecule has 1 unspecified atom stereocenters. The first-order valence-electron chi connectivity index (χ1n) is 18.7. The van der Waals surface area contributed by atoms with Crippen molar-refractivity contribution in [3.8, 4) is 11.5 Å². The Morgan fingerprint density at radius 3 is 2.38 bits per heavy atom. The molecule has 3 atom stereocenters. The number of H-pyrrole nitrogens is 1. The molecule has 3 saturated heterocycles. The molecule has 4 aromatic rings. The lowest BCUT2D eigenvalue weighted by Gasteiger charge is -2.53. The van der Waals surface area contributed by atoms with Gasteiger partial charge in [-0.25, -0.2) is 4.79 Å². The molecular weight excluding hydrogens is 680 g/mol. The number of pyridine rings is 1. The highest BCUT2D eigenvalue weighted by atomic mass is 35.5. The fourth-order valence-electron chi connectivity index (χ4n) is 8.37. The zero-order valence-corrected chi connectivity index (χ0v) is 30.4. The van der Waals surface area contributed by atoms with Crippen molar-refractivity contribution < 1.29 is 24.9 Å². The maximum Gasteiger partial charge on any atom is 0.405 e. The first-order valence-corrected chi connectivity index (χ1v) is 19.1. The summed E-state index contributed by atoms with van der Waals surface area (Å²) in [6, 6.07) is 21.8. The molecule has 0 saturated carbocycles. The van der Waals surface area contributed by atoms with Crippen LogP contribution in [0.25, 0.3) is 10.9 Å². The summed E-state index contributed by atoms with van der Waals surface area (Å²) in [4.78, 5) is 29.2. The summed E-state index contributed by atoms with van der Waals surface area (Å²) in [5.41, 5.74) is 1.33. The molecule has 52 heavy (non-hydrogen) atoms. The third-order valence-electron chi connectivity index (χ3n) is 11.0. The summed E-state index contributed by atoms with van der Waals surface area (Å²) in [5.74, 6) is 0.980. The Kier molecular flexibility index (Phi) is 12.8. The van der Waals surface area contributed by atoms with Crippen LogP contribution >= 0.6 is 11.6 Å². The zero-order valence-electron chi connectivity index (χ0n) is 29.7. The maximum absolute atomic E-state index is 12.5. The van der Waals surface area contributed by atoms with E-state index in [2.05, 4.69) is 20.5 Å². The van der Waals surface area contributed by atoms with Crippen molar-refractivity contribution in [2.24, 2.45) is 11.8 Å². The number of amides is 1. The number of rotatable bonds is 18. The molecule has 0 aliphatic carbocycles. The number of piperidine rings is 3. The Morgan fingerprint density at radius 1 is 0.942 bits per heavy atom. The number of halogens is 1. The number of nitrogens with zero attached hydrogens (tertiary/aromatic N) is 1. The third kappa shape index (κ3) is 8.58. The van der Waals surface area contributed by atoms with E-state index in [-0.39, 0.29) is 17.2 Å². The first kappa shape index (κ1) is 37.7. The van der Waals surface area contributed by atoms with E-state index in [0.717, 1.165) is 95.1 Å². The topological polar surface area (TPSA) is 147 Å². The number of carbonyl (C=O) groups is 1. The Hall–Kier alpha value is -4.09. The number of nitrogens with one attached hydrogen (secondary N) is 3. The lowest BCUT2D eigenvalue weighted by atomic mass is 9.63. The normalized spacial score (nSPS) is 20.0. The minimum absolute atomic E-state index is 0.0178. The van der Waals surface area contributed by atoms with Gasteiger partial charge in [0.2, 0.25) is 5.56 Å². The number of carboxylic acid groups (broad SMARTS) is 1. The van der Waals surface area contributed by atoms with Gasteiger partial charge in [0, 0.05) is 36.0 Å². The minimum Gasteiger partial charge on any atom is -0.506 e. The molecule has 4 heterocycles. The maximum atomic E-state index is 12.5. The van der Waals surface area contributed by atoms with Crippen LogP contribution < -0.4 is 20.9 Å². The molecule has 2 bridgehead atoms. The highest BCUT2D eigenvalue weighted by Gasteiger charge is 2.51. The number of benzene rings is 3. The number of aromatic nitrogens is 1. The Morgan fingerprint density at radius 2 is 1.67 bits per heavy atom. The quantitative estimate of drug-likeness (QED) is 0.0591. The number of fused-ring (bicyclic) bond motifs is 4. The number of unbranched alkanes of at least 4 members (excludes halogenated alkanes) is 6. The fraction of sp³-hybridized carbons (Fsp3) is 0.463. The third-order valence-corrected chi connectivity index (χ3v) is 11.4. The second-order valence-electron chi connectivity index (χ2n) is 14.3. The highest BCUT2D eigenvalue weighted by Crippen LogP contribution is 2.50. The lowest BCUT2D eigenvalue weighted by Crippen LogP contribution is -2.61. The van der Waals surface area contributed by atoms with E-state index in [0.29, 0.717) is 46.3 Å².